The Bertz CT molecular complexity index is 298. The van der Waals surface area contributed by atoms with Gasteiger partial charge in [-0.3, -0.25) is 4.79 Å². The highest BCUT2D eigenvalue weighted by molar-refractivity contribution is 5.87. The summed E-state index contributed by atoms with van der Waals surface area (Å²) >= 11 is 0. The number of hydrogen-bond acceptors (Lipinski definition) is 4. The fourth-order valence-corrected chi connectivity index (χ4v) is 0.551. The van der Waals surface area contributed by atoms with Crippen molar-refractivity contribution >= 4 is 12.3 Å². The minimum atomic E-state index is -1.19. The van der Waals surface area contributed by atoms with Crippen LogP contribution >= 0.6 is 0 Å². The molecule has 0 amide bonds. The first-order valence-corrected chi connectivity index (χ1v) is 2.75. The van der Waals surface area contributed by atoms with Crippen LogP contribution in [0.3, 0.4) is 0 Å². The van der Waals surface area contributed by atoms with E-state index in [-0.39, 0.29) is 11.3 Å². The maximum absolute atomic E-state index is 10.3. The molecular formula is C6H4N2O3. The lowest BCUT2D eigenvalue weighted by Gasteiger charge is -1.90. The number of carboxylic acid groups (broad SMARTS) is 1. The lowest BCUT2D eigenvalue weighted by atomic mass is 10.3. The van der Waals surface area contributed by atoms with E-state index in [2.05, 4.69) is 10.2 Å². The Hall–Kier alpha value is -1.78. The highest BCUT2D eigenvalue weighted by Gasteiger charge is 2.04. The molecule has 11 heavy (non-hydrogen) atoms. The summed E-state index contributed by atoms with van der Waals surface area (Å²) in [5.74, 6) is -1.19. The highest BCUT2D eigenvalue weighted by Crippen LogP contribution is 1.95. The molecule has 0 radical (unpaired) electrons. The molecule has 1 aromatic rings. The molecule has 0 unspecified atom stereocenters. The molecule has 0 aliphatic rings. The van der Waals surface area contributed by atoms with E-state index in [1.165, 1.54) is 6.20 Å². The van der Waals surface area contributed by atoms with Gasteiger partial charge >= 0.3 is 5.97 Å². The normalized spacial score (nSPS) is 9.09. The third-order valence-electron chi connectivity index (χ3n) is 1.03. The van der Waals surface area contributed by atoms with Gasteiger partial charge in [-0.1, -0.05) is 0 Å². The zero-order valence-electron chi connectivity index (χ0n) is 5.39. The second-order valence-electron chi connectivity index (χ2n) is 1.80. The second-order valence-corrected chi connectivity index (χ2v) is 1.80. The largest absolute Gasteiger partial charge is 0.476 e. The minimum absolute atomic E-state index is 0.206. The number of aromatic nitrogens is 2. The van der Waals surface area contributed by atoms with E-state index in [0.717, 1.165) is 6.07 Å². The summed E-state index contributed by atoms with van der Waals surface area (Å²) in [5, 5.41) is 15.0. The molecule has 1 N–H and O–H groups in total. The zero-order chi connectivity index (χ0) is 8.27. The summed E-state index contributed by atoms with van der Waals surface area (Å²) in [4.78, 5) is 20.4. The van der Waals surface area contributed by atoms with E-state index >= 15 is 0 Å². The number of aromatic carboxylic acids is 1. The van der Waals surface area contributed by atoms with Crippen LogP contribution in [-0.2, 0) is 0 Å². The number of carboxylic acids is 1. The Morgan fingerprint density at radius 2 is 2.36 bits per heavy atom. The van der Waals surface area contributed by atoms with E-state index in [1.54, 1.807) is 0 Å². The van der Waals surface area contributed by atoms with Crippen LogP contribution in [0.4, 0.5) is 0 Å². The van der Waals surface area contributed by atoms with Gasteiger partial charge < -0.3 is 5.11 Å². The first kappa shape index (κ1) is 7.33. The van der Waals surface area contributed by atoms with E-state index in [0.29, 0.717) is 6.29 Å². The molecule has 1 aromatic heterocycles. The average molecular weight is 152 g/mol. The van der Waals surface area contributed by atoms with Gasteiger partial charge in [-0.25, -0.2) is 4.79 Å². The van der Waals surface area contributed by atoms with Crippen LogP contribution in [0.25, 0.3) is 0 Å². The zero-order valence-corrected chi connectivity index (χ0v) is 5.39. The van der Waals surface area contributed by atoms with E-state index in [4.69, 9.17) is 5.11 Å². The van der Waals surface area contributed by atoms with Gasteiger partial charge in [0, 0.05) is 5.56 Å². The third kappa shape index (κ3) is 1.57. The molecule has 56 valence electrons. The van der Waals surface area contributed by atoms with Gasteiger partial charge in [-0.15, -0.1) is 5.10 Å². The molecule has 5 nitrogen and oxygen atoms in total. The summed E-state index contributed by atoms with van der Waals surface area (Å²) in [5.41, 5.74) is -0.0213. The van der Waals surface area contributed by atoms with Gasteiger partial charge in [-0.2, -0.15) is 5.10 Å². The number of carbonyl (C=O) groups excluding carboxylic acids is 1. The van der Waals surface area contributed by atoms with E-state index in [9.17, 15) is 9.59 Å². The van der Waals surface area contributed by atoms with Crippen LogP contribution < -0.4 is 0 Å². The Labute approximate surface area is 61.7 Å². The van der Waals surface area contributed by atoms with Crippen molar-refractivity contribution in [3.05, 3.63) is 23.5 Å². The average Bonchev–Trinajstić information content (AvgIpc) is 2.05. The molecule has 1 rings (SSSR count). The third-order valence-corrected chi connectivity index (χ3v) is 1.03. The van der Waals surface area contributed by atoms with Crippen molar-refractivity contribution in [1.82, 2.24) is 10.2 Å². The number of rotatable bonds is 2. The van der Waals surface area contributed by atoms with Crippen LogP contribution in [0.15, 0.2) is 12.3 Å². The van der Waals surface area contributed by atoms with Crippen LogP contribution in [0.2, 0.25) is 0 Å². The van der Waals surface area contributed by atoms with Gasteiger partial charge in [0.15, 0.2) is 12.0 Å². The van der Waals surface area contributed by atoms with E-state index in [1.807, 2.05) is 0 Å². The first-order chi connectivity index (χ1) is 5.24. The van der Waals surface area contributed by atoms with E-state index < -0.39 is 5.97 Å². The molecule has 0 bridgehead atoms. The maximum Gasteiger partial charge on any atom is 0.356 e. The summed E-state index contributed by atoms with van der Waals surface area (Å²) in [7, 11) is 0. The second kappa shape index (κ2) is 2.87. The van der Waals surface area contributed by atoms with Crippen molar-refractivity contribution in [2.24, 2.45) is 0 Å². The van der Waals surface area contributed by atoms with Crippen molar-refractivity contribution < 1.29 is 14.7 Å². The Morgan fingerprint density at radius 3 is 2.91 bits per heavy atom. The lowest BCUT2D eigenvalue weighted by molar-refractivity contribution is 0.0689. The van der Waals surface area contributed by atoms with Gasteiger partial charge in [0.2, 0.25) is 0 Å². The molecule has 5 heteroatoms. The number of nitrogens with zero attached hydrogens (tertiary/aromatic N) is 2. The monoisotopic (exact) mass is 152 g/mol. The maximum atomic E-state index is 10.3. The smallest absolute Gasteiger partial charge is 0.356 e. The van der Waals surface area contributed by atoms with Crippen molar-refractivity contribution in [2.45, 2.75) is 0 Å². The fraction of sp³-hybridized carbons (Fsp3) is 0. The predicted octanol–water partition coefficient (Wildman–Crippen LogP) is -0.0127. The molecular weight excluding hydrogens is 148 g/mol. The molecule has 0 spiro atoms. The highest BCUT2D eigenvalue weighted by atomic mass is 16.4. The van der Waals surface area contributed by atoms with Gasteiger partial charge in [0.1, 0.15) is 0 Å². The predicted molar refractivity (Wildman–Crippen MR) is 34.4 cm³/mol. The number of aldehydes is 1. The SMILES string of the molecule is O=Cc1cnnc(C(=O)O)c1. The van der Waals surface area contributed by atoms with Crippen LogP contribution in [0, 0.1) is 0 Å². The Morgan fingerprint density at radius 1 is 1.64 bits per heavy atom. The van der Waals surface area contributed by atoms with Gasteiger partial charge in [0.25, 0.3) is 0 Å². The molecule has 0 saturated heterocycles. The molecule has 0 aliphatic carbocycles. The van der Waals surface area contributed by atoms with Crippen LogP contribution in [0.1, 0.15) is 20.8 Å². The van der Waals surface area contributed by atoms with Crippen molar-refractivity contribution in [1.29, 1.82) is 0 Å². The summed E-state index contributed by atoms with van der Waals surface area (Å²) in [6.45, 7) is 0. The molecule has 1 heterocycles. The van der Waals surface area contributed by atoms with Crippen molar-refractivity contribution in [2.75, 3.05) is 0 Å². The standard InChI is InChI=1S/C6H4N2O3/c9-3-4-1-5(6(10)11)8-7-2-4/h1-3H,(H,10,11). The first-order valence-electron chi connectivity index (χ1n) is 2.75. The van der Waals surface area contributed by atoms with Crippen LogP contribution in [-0.4, -0.2) is 27.6 Å². The topological polar surface area (TPSA) is 80.2 Å². The van der Waals surface area contributed by atoms with Crippen molar-refractivity contribution in [3.8, 4) is 0 Å². The Balaban J connectivity index is 3.10. The summed E-state index contributed by atoms with van der Waals surface area (Å²) in [6.07, 6.45) is 1.71. The lowest BCUT2D eigenvalue weighted by Crippen LogP contribution is -2.02. The Kier molecular flexibility index (Phi) is 1.91. The molecule has 0 fully saturated rings. The molecule has 0 saturated carbocycles. The van der Waals surface area contributed by atoms with Crippen LogP contribution in [0.5, 0.6) is 0 Å². The molecule has 0 atom stereocenters. The van der Waals surface area contributed by atoms with Gasteiger partial charge in [-0.05, 0) is 6.07 Å². The number of carbonyl (C=O) groups is 2. The minimum Gasteiger partial charge on any atom is -0.476 e. The molecule has 0 aromatic carbocycles. The molecule has 0 aliphatic heterocycles. The van der Waals surface area contributed by atoms with Crippen molar-refractivity contribution in [3.63, 3.8) is 0 Å². The summed E-state index contributed by atoms with van der Waals surface area (Å²) in [6, 6.07) is 1.16. The van der Waals surface area contributed by atoms with Gasteiger partial charge in [0.05, 0.1) is 6.20 Å². The number of hydrogen-bond donors (Lipinski definition) is 1. The fourth-order valence-electron chi connectivity index (χ4n) is 0.551. The summed E-state index contributed by atoms with van der Waals surface area (Å²) < 4.78 is 0. The quantitative estimate of drug-likeness (QED) is 0.602.